The van der Waals surface area contributed by atoms with Gasteiger partial charge in [0.1, 0.15) is 24.2 Å². The van der Waals surface area contributed by atoms with Crippen LogP contribution < -0.4 is 27.0 Å². The molecular formula is C39H73N7O7. The van der Waals surface area contributed by atoms with Gasteiger partial charge in [-0.3, -0.25) is 24.0 Å². The molecule has 1 aliphatic carbocycles. The summed E-state index contributed by atoms with van der Waals surface area (Å²) >= 11 is 0. The molecule has 2 aliphatic rings. The summed E-state index contributed by atoms with van der Waals surface area (Å²) in [7, 11) is 5.58. The van der Waals surface area contributed by atoms with Crippen LogP contribution in [-0.4, -0.2) is 130 Å². The smallest absolute Gasteiger partial charge is 0.245 e. The summed E-state index contributed by atoms with van der Waals surface area (Å²) < 4.78 is 12.2. The standard InChI is InChI=1S/C39H73N7O7/c1-9-10-12-18-33-28(5)39(51)46(8)32(20-19-26(2)3)37(49)44-34(29-16-13-11-14-17-29)38(50)42-30(23-40)35(47)43-31(25-52-22-15-21-45(6)7)36(48)41-27(4)24-53-33/h26-34H,9-25,40H2,1-8H3,(H,41,48)(H,42,50)(H,43,47)(H,44,49)/t27-,28-,30+,31+,32+,33-,34+/m1/s1. The molecule has 2 rings (SSSR count). The van der Waals surface area contributed by atoms with E-state index in [0.29, 0.717) is 25.9 Å². The van der Waals surface area contributed by atoms with Crippen LogP contribution >= 0.6 is 0 Å². The molecule has 0 aromatic rings. The zero-order valence-electron chi connectivity index (χ0n) is 34.0. The maximum absolute atomic E-state index is 14.3. The zero-order chi connectivity index (χ0) is 39.5. The quantitative estimate of drug-likeness (QED) is 0.157. The van der Waals surface area contributed by atoms with Crippen molar-refractivity contribution >= 4 is 29.5 Å². The van der Waals surface area contributed by atoms with Gasteiger partial charge in [-0.1, -0.05) is 66.2 Å². The lowest BCUT2D eigenvalue weighted by atomic mass is 9.83. The molecule has 1 saturated carbocycles. The molecule has 14 nitrogen and oxygen atoms in total. The predicted octanol–water partition coefficient (Wildman–Crippen LogP) is 2.33. The van der Waals surface area contributed by atoms with Crippen LogP contribution in [0.2, 0.25) is 0 Å². The Morgan fingerprint density at radius 3 is 2.15 bits per heavy atom. The van der Waals surface area contributed by atoms with Crippen molar-refractivity contribution < 1.29 is 33.4 Å². The number of nitrogens with two attached hydrogens (primary N) is 1. The molecule has 0 unspecified atom stereocenters. The van der Waals surface area contributed by atoms with Gasteiger partial charge in [-0.05, 0) is 77.9 Å². The largest absolute Gasteiger partial charge is 0.379 e. The van der Waals surface area contributed by atoms with Crippen molar-refractivity contribution in [3.63, 3.8) is 0 Å². The van der Waals surface area contributed by atoms with E-state index in [1.807, 2.05) is 25.9 Å². The van der Waals surface area contributed by atoms with Crippen LogP contribution in [0.4, 0.5) is 0 Å². The number of rotatable bonds is 15. The normalized spacial score (nSPS) is 28.2. The molecule has 0 spiro atoms. The van der Waals surface area contributed by atoms with E-state index >= 15 is 0 Å². The molecular weight excluding hydrogens is 678 g/mol. The van der Waals surface area contributed by atoms with Crippen LogP contribution in [0.5, 0.6) is 0 Å². The number of unbranched alkanes of at least 4 members (excludes halogenated alkanes) is 2. The number of nitrogens with zero attached hydrogens (tertiary/aromatic N) is 2. The fourth-order valence-corrected chi connectivity index (χ4v) is 7.10. The highest BCUT2D eigenvalue weighted by atomic mass is 16.5. The summed E-state index contributed by atoms with van der Waals surface area (Å²) in [4.78, 5) is 73.4. The summed E-state index contributed by atoms with van der Waals surface area (Å²) in [6, 6.07) is -4.43. The van der Waals surface area contributed by atoms with Crippen molar-refractivity contribution in [3.8, 4) is 0 Å². The van der Waals surface area contributed by atoms with Crippen LogP contribution in [0, 0.1) is 17.8 Å². The van der Waals surface area contributed by atoms with Crippen molar-refractivity contribution in [2.45, 2.75) is 148 Å². The first-order valence-electron chi connectivity index (χ1n) is 20.2. The Morgan fingerprint density at radius 2 is 1.53 bits per heavy atom. The third kappa shape index (κ3) is 16.2. The van der Waals surface area contributed by atoms with Crippen LogP contribution in [0.1, 0.15) is 112 Å². The van der Waals surface area contributed by atoms with E-state index in [0.717, 1.165) is 64.3 Å². The van der Waals surface area contributed by atoms with Gasteiger partial charge in [0.05, 0.1) is 25.2 Å². The fourth-order valence-electron chi connectivity index (χ4n) is 7.10. The van der Waals surface area contributed by atoms with Crippen molar-refractivity contribution in [2.24, 2.45) is 23.5 Å². The van der Waals surface area contributed by atoms with E-state index in [4.69, 9.17) is 15.2 Å². The lowest BCUT2D eigenvalue weighted by molar-refractivity contribution is -0.147. The van der Waals surface area contributed by atoms with Crippen molar-refractivity contribution in [1.82, 2.24) is 31.1 Å². The molecule has 1 aliphatic heterocycles. The number of amides is 5. The number of carbonyl (C=O) groups is 5. The van der Waals surface area contributed by atoms with Crippen LogP contribution in [-0.2, 0) is 33.4 Å². The van der Waals surface area contributed by atoms with E-state index in [9.17, 15) is 24.0 Å². The van der Waals surface area contributed by atoms with Crippen molar-refractivity contribution in [2.75, 3.05) is 54.1 Å². The minimum atomic E-state index is -1.16. The minimum absolute atomic E-state index is 0.0835. The molecule has 306 valence electrons. The highest BCUT2D eigenvalue weighted by molar-refractivity contribution is 5.96. The molecule has 1 heterocycles. The average molecular weight is 752 g/mol. The second-order valence-electron chi connectivity index (χ2n) is 16.0. The molecule has 6 N–H and O–H groups in total. The zero-order valence-corrected chi connectivity index (χ0v) is 34.0. The molecule has 0 bridgehead atoms. The monoisotopic (exact) mass is 752 g/mol. The Bertz CT molecular complexity index is 1130. The van der Waals surface area contributed by atoms with Crippen LogP contribution in [0.3, 0.4) is 0 Å². The molecule has 14 heteroatoms. The molecule has 2 fully saturated rings. The van der Waals surface area contributed by atoms with Crippen molar-refractivity contribution in [1.29, 1.82) is 0 Å². The van der Waals surface area contributed by atoms with E-state index in [1.165, 1.54) is 4.90 Å². The predicted molar refractivity (Wildman–Crippen MR) is 207 cm³/mol. The Balaban J connectivity index is 2.53. The minimum Gasteiger partial charge on any atom is -0.379 e. The average Bonchev–Trinajstić information content (AvgIpc) is 3.12. The Hall–Kier alpha value is -2.81. The highest BCUT2D eigenvalue weighted by Gasteiger charge is 2.38. The number of hydrogen-bond acceptors (Lipinski definition) is 9. The molecule has 7 atom stereocenters. The summed E-state index contributed by atoms with van der Waals surface area (Å²) in [6.45, 7) is 10.9. The van der Waals surface area contributed by atoms with E-state index in [-0.39, 0.29) is 37.5 Å². The number of ether oxygens (including phenoxy) is 2. The Labute approximate surface area is 319 Å². The molecule has 0 radical (unpaired) electrons. The lowest BCUT2D eigenvalue weighted by Crippen LogP contribution is -2.62. The number of likely N-dealkylation sites (N-methyl/N-ethyl adjacent to an activating group) is 1. The molecule has 0 aromatic heterocycles. The first kappa shape index (κ1) is 46.3. The van der Waals surface area contributed by atoms with Crippen molar-refractivity contribution in [3.05, 3.63) is 0 Å². The van der Waals surface area contributed by atoms with Crippen LogP contribution in [0.25, 0.3) is 0 Å². The SMILES string of the molecule is CCCCC[C@H]1OC[C@@H](C)NC(=O)[C@H](COCCCN(C)C)NC(=O)[C@H](CN)NC(=O)[C@H](C2CCCCC2)NC(=O)[C@H](CCC(C)C)N(C)C(=O)[C@@H]1C. The second kappa shape index (κ2) is 24.6. The molecule has 53 heavy (non-hydrogen) atoms. The summed E-state index contributed by atoms with van der Waals surface area (Å²) in [5.41, 5.74) is 6.05. The van der Waals surface area contributed by atoms with Gasteiger partial charge in [-0.25, -0.2) is 0 Å². The number of carbonyl (C=O) groups excluding carboxylic acids is 5. The van der Waals surface area contributed by atoms with Gasteiger partial charge < -0.3 is 46.3 Å². The maximum atomic E-state index is 14.3. The third-order valence-corrected chi connectivity index (χ3v) is 10.5. The Morgan fingerprint density at radius 1 is 0.868 bits per heavy atom. The summed E-state index contributed by atoms with van der Waals surface area (Å²) in [5.74, 6) is -2.65. The van der Waals surface area contributed by atoms with Gasteiger partial charge in [-0.2, -0.15) is 0 Å². The third-order valence-electron chi connectivity index (χ3n) is 10.5. The maximum Gasteiger partial charge on any atom is 0.245 e. The molecule has 0 aromatic carbocycles. The lowest BCUT2D eigenvalue weighted by Gasteiger charge is -2.35. The summed E-state index contributed by atoms with van der Waals surface area (Å²) in [5, 5.41) is 11.5. The first-order valence-corrected chi connectivity index (χ1v) is 20.2. The molecule has 1 saturated heterocycles. The summed E-state index contributed by atoms with van der Waals surface area (Å²) in [6.07, 6.45) is 9.25. The Kier molecular flexibility index (Phi) is 21.5. The van der Waals surface area contributed by atoms with Gasteiger partial charge in [0, 0.05) is 26.2 Å². The van der Waals surface area contributed by atoms with Crippen LogP contribution in [0.15, 0.2) is 0 Å². The highest BCUT2D eigenvalue weighted by Crippen LogP contribution is 2.28. The van der Waals surface area contributed by atoms with Gasteiger partial charge in [0.15, 0.2) is 0 Å². The van der Waals surface area contributed by atoms with Gasteiger partial charge in [0.25, 0.3) is 0 Å². The second-order valence-corrected chi connectivity index (χ2v) is 16.0. The number of hydrogen-bond donors (Lipinski definition) is 5. The number of nitrogens with one attached hydrogen (secondary N) is 4. The van der Waals surface area contributed by atoms with E-state index in [2.05, 4.69) is 42.0 Å². The molecule has 5 amide bonds. The van der Waals surface area contributed by atoms with Gasteiger partial charge >= 0.3 is 0 Å². The van der Waals surface area contributed by atoms with E-state index in [1.54, 1.807) is 14.0 Å². The van der Waals surface area contributed by atoms with E-state index < -0.39 is 65.9 Å². The van der Waals surface area contributed by atoms with Gasteiger partial charge in [-0.15, -0.1) is 0 Å². The topological polar surface area (TPSA) is 184 Å². The van der Waals surface area contributed by atoms with Gasteiger partial charge in [0.2, 0.25) is 29.5 Å². The fraction of sp³-hybridized carbons (Fsp3) is 0.872. The first-order chi connectivity index (χ1) is 25.2.